The lowest BCUT2D eigenvalue weighted by atomic mass is 10.1. The number of hydrogen-bond donors (Lipinski definition) is 2. The fourth-order valence-corrected chi connectivity index (χ4v) is 2.70. The first-order chi connectivity index (χ1) is 13.0. The molecular formula is C19H20N2O6. The molecule has 142 valence electrons. The number of methoxy groups -OCH3 is 3. The minimum absolute atomic E-state index is 0.240. The van der Waals surface area contributed by atoms with Crippen LogP contribution in [-0.4, -0.2) is 39.2 Å². The first kappa shape index (κ1) is 18.4. The molecule has 2 aromatic carbocycles. The molecule has 0 radical (unpaired) electrons. The molecule has 0 aromatic heterocycles. The Hall–Kier alpha value is -3.42. The summed E-state index contributed by atoms with van der Waals surface area (Å²) < 4.78 is 21.3. The first-order valence-corrected chi connectivity index (χ1v) is 8.19. The van der Waals surface area contributed by atoms with Crippen molar-refractivity contribution in [3.8, 4) is 23.0 Å². The maximum Gasteiger partial charge on any atom is 0.265 e. The summed E-state index contributed by atoms with van der Waals surface area (Å²) in [6.45, 7) is 1.67. The van der Waals surface area contributed by atoms with Crippen molar-refractivity contribution in [1.82, 2.24) is 0 Å². The van der Waals surface area contributed by atoms with Crippen molar-refractivity contribution in [2.75, 3.05) is 32.0 Å². The van der Waals surface area contributed by atoms with E-state index < -0.39 is 6.10 Å². The molecule has 1 aliphatic heterocycles. The fraction of sp³-hybridized carbons (Fsp3) is 0.263. The minimum atomic E-state index is -0.558. The first-order valence-electron chi connectivity index (χ1n) is 8.19. The van der Waals surface area contributed by atoms with Crippen molar-refractivity contribution in [1.29, 1.82) is 0 Å². The van der Waals surface area contributed by atoms with Gasteiger partial charge in [0, 0.05) is 11.3 Å². The minimum Gasteiger partial charge on any atom is -0.493 e. The summed E-state index contributed by atoms with van der Waals surface area (Å²) >= 11 is 0. The number of amides is 2. The van der Waals surface area contributed by atoms with Crippen LogP contribution in [0.5, 0.6) is 23.0 Å². The molecule has 2 amide bonds. The number of anilines is 2. The summed E-state index contributed by atoms with van der Waals surface area (Å²) in [6.07, 6.45) is -0.558. The Morgan fingerprint density at radius 2 is 1.74 bits per heavy atom. The van der Waals surface area contributed by atoms with Gasteiger partial charge < -0.3 is 29.6 Å². The molecule has 0 bridgehead atoms. The largest absolute Gasteiger partial charge is 0.493 e. The van der Waals surface area contributed by atoms with E-state index in [-0.39, 0.29) is 11.8 Å². The Balaban J connectivity index is 1.86. The summed E-state index contributed by atoms with van der Waals surface area (Å²) in [4.78, 5) is 24.4. The molecule has 8 heteroatoms. The van der Waals surface area contributed by atoms with Gasteiger partial charge in [-0.2, -0.15) is 0 Å². The van der Waals surface area contributed by atoms with Gasteiger partial charge in [-0.3, -0.25) is 9.59 Å². The third kappa shape index (κ3) is 3.59. The van der Waals surface area contributed by atoms with Crippen molar-refractivity contribution >= 4 is 23.2 Å². The van der Waals surface area contributed by atoms with Crippen LogP contribution in [0.1, 0.15) is 17.3 Å². The Bertz CT molecular complexity index is 871. The Kier molecular flexibility index (Phi) is 5.07. The lowest BCUT2D eigenvalue weighted by molar-refractivity contribution is -0.122. The van der Waals surface area contributed by atoms with Crippen molar-refractivity contribution in [3.05, 3.63) is 35.9 Å². The molecule has 0 fully saturated rings. The highest BCUT2D eigenvalue weighted by Gasteiger charge is 2.24. The number of ether oxygens (including phenoxy) is 4. The highest BCUT2D eigenvalue weighted by molar-refractivity contribution is 6.06. The lowest BCUT2D eigenvalue weighted by Gasteiger charge is -2.23. The number of hydrogen-bond acceptors (Lipinski definition) is 6. The third-order valence-corrected chi connectivity index (χ3v) is 4.10. The number of rotatable bonds is 5. The standard InChI is InChI=1S/C19H20N2O6/c1-10-18(22)21-13-9-12(5-6-14(13)27-10)20-19(23)11-7-15(24-2)17(26-4)16(8-11)25-3/h5-10H,1-4H3,(H,20,23)(H,21,22). The molecule has 1 heterocycles. The van der Waals surface area contributed by atoms with Gasteiger partial charge in [-0.05, 0) is 37.3 Å². The van der Waals surface area contributed by atoms with Crippen LogP contribution in [0.2, 0.25) is 0 Å². The Morgan fingerprint density at radius 3 is 2.33 bits per heavy atom. The molecule has 1 atom stereocenters. The van der Waals surface area contributed by atoms with Crippen LogP contribution in [0, 0.1) is 0 Å². The van der Waals surface area contributed by atoms with Gasteiger partial charge in [0.05, 0.1) is 27.0 Å². The summed E-state index contributed by atoms with van der Waals surface area (Å²) in [5.74, 6) is 1.10. The van der Waals surface area contributed by atoms with Crippen molar-refractivity contribution in [2.24, 2.45) is 0 Å². The van der Waals surface area contributed by atoms with Crippen molar-refractivity contribution < 1.29 is 28.5 Å². The van der Waals surface area contributed by atoms with Crippen LogP contribution in [0.4, 0.5) is 11.4 Å². The van der Waals surface area contributed by atoms with Crippen LogP contribution < -0.4 is 29.6 Å². The van der Waals surface area contributed by atoms with E-state index in [0.29, 0.717) is 39.9 Å². The molecule has 2 aromatic rings. The zero-order valence-electron chi connectivity index (χ0n) is 15.4. The SMILES string of the molecule is COc1cc(C(=O)Nc2ccc3c(c2)NC(=O)C(C)O3)cc(OC)c1OC. The molecule has 0 saturated heterocycles. The molecule has 8 nitrogen and oxygen atoms in total. The zero-order chi connectivity index (χ0) is 19.6. The van der Waals surface area contributed by atoms with E-state index >= 15 is 0 Å². The average Bonchev–Trinajstić information content (AvgIpc) is 2.67. The fourth-order valence-electron chi connectivity index (χ4n) is 2.70. The second kappa shape index (κ2) is 7.45. The highest BCUT2D eigenvalue weighted by Crippen LogP contribution is 2.38. The molecule has 2 N–H and O–H groups in total. The summed E-state index contributed by atoms with van der Waals surface area (Å²) in [6, 6.07) is 8.13. The van der Waals surface area contributed by atoms with Crippen LogP contribution in [-0.2, 0) is 4.79 Å². The van der Waals surface area contributed by atoms with Gasteiger partial charge in [-0.25, -0.2) is 0 Å². The highest BCUT2D eigenvalue weighted by atomic mass is 16.5. The summed E-state index contributed by atoms with van der Waals surface area (Å²) in [5, 5.41) is 5.52. The van der Waals surface area contributed by atoms with Crippen molar-refractivity contribution in [3.63, 3.8) is 0 Å². The van der Waals surface area contributed by atoms with Crippen molar-refractivity contribution in [2.45, 2.75) is 13.0 Å². The van der Waals surface area contributed by atoms with Gasteiger partial charge in [0.15, 0.2) is 17.6 Å². The number of benzene rings is 2. The molecule has 0 spiro atoms. The van der Waals surface area contributed by atoms with E-state index in [1.54, 1.807) is 37.3 Å². The predicted octanol–water partition coefficient (Wildman–Crippen LogP) is 2.68. The normalized spacial score (nSPS) is 15.1. The number of carbonyl (C=O) groups is 2. The van der Waals surface area contributed by atoms with E-state index in [1.807, 2.05) is 0 Å². The smallest absolute Gasteiger partial charge is 0.265 e. The van der Waals surface area contributed by atoms with Gasteiger partial charge in [-0.1, -0.05) is 0 Å². The van der Waals surface area contributed by atoms with E-state index in [9.17, 15) is 9.59 Å². The molecule has 1 aliphatic rings. The van der Waals surface area contributed by atoms with Crippen LogP contribution >= 0.6 is 0 Å². The lowest BCUT2D eigenvalue weighted by Crippen LogP contribution is -2.34. The Labute approximate surface area is 156 Å². The second-order valence-electron chi connectivity index (χ2n) is 5.83. The predicted molar refractivity (Wildman–Crippen MR) is 99.2 cm³/mol. The van der Waals surface area contributed by atoms with Gasteiger partial charge in [0.2, 0.25) is 5.75 Å². The maximum absolute atomic E-state index is 12.7. The molecule has 27 heavy (non-hydrogen) atoms. The quantitative estimate of drug-likeness (QED) is 0.838. The average molecular weight is 372 g/mol. The number of carbonyl (C=O) groups excluding carboxylic acids is 2. The van der Waals surface area contributed by atoms with Gasteiger partial charge >= 0.3 is 0 Å². The molecule has 0 saturated carbocycles. The maximum atomic E-state index is 12.7. The Morgan fingerprint density at radius 1 is 1.07 bits per heavy atom. The van der Waals surface area contributed by atoms with E-state index in [0.717, 1.165) is 0 Å². The summed E-state index contributed by atoms with van der Waals surface area (Å²) in [5.41, 5.74) is 1.34. The van der Waals surface area contributed by atoms with E-state index in [1.165, 1.54) is 21.3 Å². The second-order valence-corrected chi connectivity index (χ2v) is 5.83. The topological polar surface area (TPSA) is 95.1 Å². The monoisotopic (exact) mass is 372 g/mol. The van der Waals surface area contributed by atoms with Gasteiger partial charge in [-0.15, -0.1) is 0 Å². The van der Waals surface area contributed by atoms with Crippen LogP contribution in [0.15, 0.2) is 30.3 Å². The van der Waals surface area contributed by atoms with E-state index in [2.05, 4.69) is 10.6 Å². The molecular weight excluding hydrogens is 352 g/mol. The molecule has 3 rings (SSSR count). The zero-order valence-corrected chi connectivity index (χ0v) is 15.4. The number of nitrogens with one attached hydrogen (secondary N) is 2. The summed E-state index contributed by atoms with van der Waals surface area (Å²) in [7, 11) is 4.45. The third-order valence-electron chi connectivity index (χ3n) is 4.10. The molecule has 1 unspecified atom stereocenters. The molecule has 0 aliphatic carbocycles. The van der Waals surface area contributed by atoms with Gasteiger partial charge in [0.25, 0.3) is 11.8 Å². The van der Waals surface area contributed by atoms with Gasteiger partial charge in [0.1, 0.15) is 5.75 Å². The van der Waals surface area contributed by atoms with Crippen LogP contribution in [0.25, 0.3) is 0 Å². The van der Waals surface area contributed by atoms with E-state index in [4.69, 9.17) is 18.9 Å². The number of fused-ring (bicyclic) bond motifs is 1. The van der Waals surface area contributed by atoms with Crippen LogP contribution in [0.3, 0.4) is 0 Å².